The third kappa shape index (κ3) is 2.16. The van der Waals surface area contributed by atoms with E-state index >= 15 is 0 Å². The fourth-order valence-corrected chi connectivity index (χ4v) is 2.81. The van der Waals surface area contributed by atoms with Crippen LogP contribution in [0.5, 0.6) is 0 Å². The van der Waals surface area contributed by atoms with Crippen LogP contribution in [0, 0.1) is 0 Å². The minimum Gasteiger partial charge on any atom is -0.467 e. The first kappa shape index (κ1) is 12.0. The molecule has 0 aromatic heterocycles. The summed E-state index contributed by atoms with van der Waals surface area (Å²) in [7, 11) is 1.46. The van der Waals surface area contributed by atoms with Crippen LogP contribution >= 0.6 is 0 Å². The van der Waals surface area contributed by atoms with Gasteiger partial charge in [0, 0.05) is 12.2 Å². The fraction of sp³-hybridized carbons (Fsp3) is 0.312. The highest BCUT2D eigenvalue weighted by Gasteiger charge is 2.31. The van der Waals surface area contributed by atoms with E-state index in [0.717, 1.165) is 25.1 Å². The van der Waals surface area contributed by atoms with Gasteiger partial charge in [-0.05, 0) is 35.7 Å². The number of nitrogens with zero attached hydrogens (tertiary/aromatic N) is 1. The Morgan fingerprint density at radius 3 is 2.79 bits per heavy atom. The second-order valence-corrected chi connectivity index (χ2v) is 4.91. The monoisotopic (exact) mass is 255 g/mol. The summed E-state index contributed by atoms with van der Waals surface area (Å²) in [6.07, 6.45) is 1.91. The molecule has 2 aromatic rings. The zero-order valence-corrected chi connectivity index (χ0v) is 11.0. The van der Waals surface area contributed by atoms with Gasteiger partial charge in [-0.2, -0.15) is 0 Å². The van der Waals surface area contributed by atoms with Crippen molar-refractivity contribution in [3.05, 3.63) is 42.5 Å². The molecule has 1 aliphatic heterocycles. The lowest BCUT2D eigenvalue weighted by Crippen LogP contribution is -2.36. The SMILES string of the molecule is COC(=O)[C@@H]1CCCN1c1ccc2ccccc2c1. The van der Waals surface area contributed by atoms with Crippen molar-refractivity contribution in [3.63, 3.8) is 0 Å². The highest BCUT2D eigenvalue weighted by atomic mass is 16.5. The molecule has 3 rings (SSSR count). The topological polar surface area (TPSA) is 29.5 Å². The van der Waals surface area contributed by atoms with Crippen LogP contribution < -0.4 is 4.90 Å². The summed E-state index contributed by atoms with van der Waals surface area (Å²) in [5.74, 6) is -0.134. The number of hydrogen-bond donors (Lipinski definition) is 0. The molecule has 1 heterocycles. The van der Waals surface area contributed by atoms with Crippen LogP contribution in [0.15, 0.2) is 42.5 Å². The molecule has 0 bridgehead atoms. The first-order valence-electron chi connectivity index (χ1n) is 6.63. The number of carbonyl (C=O) groups is 1. The van der Waals surface area contributed by atoms with Crippen molar-refractivity contribution in [3.8, 4) is 0 Å². The third-order valence-corrected chi connectivity index (χ3v) is 3.79. The van der Waals surface area contributed by atoms with Gasteiger partial charge in [-0.1, -0.05) is 30.3 Å². The van der Waals surface area contributed by atoms with Gasteiger partial charge in [0.1, 0.15) is 6.04 Å². The number of hydrogen-bond acceptors (Lipinski definition) is 3. The fourth-order valence-electron chi connectivity index (χ4n) is 2.81. The molecular weight excluding hydrogens is 238 g/mol. The summed E-state index contributed by atoms with van der Waals surface area (Å²) in [4.78, 5) is 13.9. The highest BCUT2D eigenvalue weighted by molar-refractivity contribution is 5.87. The lowest BCUT2D eigenvalue weighted by Gasteiger charge is -2.25. The van der Waals surface area contributed by atoms with Gasteiger partial charge in [0.2, 0.25) is 0 Å². The largest absolute Gasteiger partial charge is 0.467 e. The molecule has 1 fully saturated rings. The van der Waals surface area contributed by atoms with E-state index in [1.165, 1.54) is 17.9 Å². The Morgan fingerprint density at radius 2 is 2.00 bits per heavy atom. The van der Waals surface area contributed by atoms with E-state index in [-0.39, 0.29) is 12.0 Å². The summed E-state index contributed by atoms with van der Waals surface area (Å²) >= 11 is 0. The molecule has 0 radical (unpaired) electrons. The van der Waals surface area contributed by atoms with Gasteiger partial charge in [0.15, 0.2) is 0 Å². The second-order valence-electron chi connectivity index (χ2n) is 4.91. The molecule has 1 atom stereocenters. The summed E-state index contributed by atoms with van der Waals surface area (Å²) in [6.45, 7) is 0.915. The zero-order valence-electron chi connectivity index (χ0n) is 11.0. The van der Waals surface area contributed by atoms with Crippen molar-refractivity contribution in [2.75, 3.05) is 18.6 Å². The Labute approximate surface area is 112 Å². The van der Waals surface area contributed by atoms with E-state index in [1.807, 2.05) is 12.1 Å². The molecule has 1 aliphatic rings. The van der Waals surface area contributed by atoms with Crippen molar-refractivity contribution >= 4 is 22.4 Å². The Hall–Kier alpha value is -2.03. The molecule has 1 saturated heterocycles. The Kier molecular flexibility index (Phi) is 3.11. The summed E-state index contributed by atoms with van der Waals surface area (Å²) in [5, 5.41) is 2.43. The minimum absolute atomic E-state index is 0.133. The lowest BCUT2D eigenvalue weighted by atomic mass is 10.1. The maximum atomic E-state index is 11.8. The molecule has 0 amide bonds. The van der Waals surface area contributed by atoms with Gasteiger partial charge < -0.3 is 9.64 Å². The maximum absolute atomic E-state index is 11.8. The number of rotatable bonds is 2. The first-order valence-corrected chi connectivity index (χ1v) is 6.63. The molecule has 19 heavy (non-hydrogen) atoms. The van der Waals surface area contributed by atoms with Crippen LogP contribution in [0.25, 0.3) is 10.8 Å². The highest BCUT2D eigenvalue weighted by Crippen LogP contribution is 2.29. The first-order chi connectivity index (χ1) is 9.29. The molecular formula is C16H17NO2. The van der Waals surface area contributed by atoms with Crippen molar-refractivity contribution in [2.45, 2.75) is 18.9 Å². The molecule has 98 valence electrons. The van der Waals surface area contributed by atoms with Crippen LogP contribution in [0.3, 0.4) is 0 Å². The number of benzene rings is 2. The molecule has 0 aliphatic carbocycles. The van der Waals surface area contributed by atoms with Gasteiger partial charge in [-0.15, -0.1) is 0 Å². The number of fused-ring (bicyclic) bond motifs is 1. The van der Waals surface area contributed by atoms with Crippen molar-refractivity contribution in [1.29, 1.82) is 0 Å². The van der Waals surface area contributed by atoms with Crippen molar-refractivity contribution in [2.24, 2.45) is 0 Å². The van der Waals surface area contributed by atoms with Gasteiger partial charge in [0.25, 0.3) is 0 Å². The third-order valence-electron chi connectivity index (χ3n) is 3.79. The van der Waals surface area contributed by atoms with Gasteiger partial charge in [0.05, 0.1) is 7.11 Å². The molecule has 2 aromatic carbocycles. The number of ether oxygens (including phenoxy) is 1. The molecule has 3 nitrogen and oxygen atoms in total. The number of anilines is 1. The average Bonchev–Trinajstić information content (AvgIpc) is 2.95. The van der Waals surface area contributed by atoms with Crippen LogP contribution in [0.2, 0.25) is 0 Å². The second kappa shape index (κ2) is 4.92. The lowest BCUT2D eigenvalue weighted by molar-refractivity contribution is -0.141. The molecule has 0 N–H and O–H groups in total. The Bertz CT molecular complexity index is 608. The number of carbonyl (C=O) groups excluding carboxylic acids is 1. The van der Waals surface area contributed by atoms with Gasteiger partial charge in [-0.25, -0.2) is 4.79 Å². The quantitative estimate of drug-likeness (QED) is 0.773. The normalized spacial score (nSPS) is 18.8. The van der Waals surface area contributed by atoms with Gasteiger partial charge >= 0.3 is 5.97 Å². The van der Waals surface area contributed by atoms with Gasteiger partial charge in [-0.3, -0.25) is 0 Å². The number of esters is 1. The molecule has 0 unspecified atom stereocenters. The van der Waals surface area contributed by atoms with Crippen LogP contribution in [-0.2, 0) is 9.53 Å². The van der Waals surface area contributed by atoms with Crippen LogP contribution in [0.1, 0.15) is 12.8 Å². The molecule has 3 heteroatoms. The van der Waals surface area contributed by atoms with E-state index in [0.29, 0.717) is 0 Å². The summed E-state index contributed by atoms with van der Waals surface area (Å²) < 4.78 is 4.89. The smallest absolute Gasteiger partial charge is 0.328 e. The summed E-state index contributed by atoms with van der Waals surface area (Å²) in [6, 6.07) is 14.5. The standard InChI is InChI=1S/C16H17NO2/c1-19-16(18)15-7-4-10-17(15)14-9-8-12-5-2-3-6-13(12)11-14/h2-3,5-6,8-9,11,15H,4,7,10H2,1H3/t15-/m0/s1. The van der Waals surface area contributed by atoms with E-state index in [9.17, 15) is 4.79 Å². The van der Waals surface area contributed by atoms with E-state index < -0.39 is 0 Å². The zero-order chi connectivity index (χ0) is 13.2. The van der Waals surface area contributed by atoms with Crippen LogP contribution in [0.4, 0.5) is 5.69 Å². The average molecular weight is 255 g/mol. The predicted octanol–water partition coefficient (Wildman–Crippen LogP) is 2.98. The van der Waals surface area contributed by atoms with E-state index in [1.54, 1.807) is 0 Å². The van der Waals surface area contributed by atoms with Crippen molar-refractivity contribution < 1.29 is 9.53 Å². The molecule has 0 spiro atoms. The van der Waals surface area contributed by atoms with E-state index in [2.05, 4.69) is 35.2 Å². The maximum Gasteiger partial charge on any atom is 0.328 e. The Morgan fingerprint density at radius 1 is 1.21 bits per heavy atom. The van der Waals surface area contributed by atoms with E-state index in [4.69, 9.17) is 4.74 Å². The number of methoxy groups -OCH3 is 1. The van der Waals surface area contributed by atoms with Crippen molar-refractivity contribution in [1.82, 2.24) is 0 Å². The predicted molar refractivity (Wildman–Crippen MR) is 76.3 cm³/mol. The van der Waals surface area contributed by atoms with Crippen LogP contribution in [-0.4, -0.2) is 25.7 Å². The minimum atomic E-state index is -0.134. The summed E-state index contributed by atoms with van der Waals surface area (Å²) in [5.41, 5.74) is 1.10. The Balaban J connectivity index is 1.96. The molecule has 0 saturated carbocycles.